The number of rotatable bonds is 6. The van der Waals surface area contributed by atoms with E-state index in [1.54, 1.807) is 0 Å². The van der Waals surface area contributed by atoms with Gasteiger partial charge in [-0.25, -0.2) is 0 Å². The molecule has 0 heterocycles. The zero-order valence-corrected chi connectivity index (χ0v) is 14.8. The second kappa shape index (κ2) is 6.94. The van der Waals surface area contributed by atoms with Crippen LogP contribution >= 0.6 is 17.0 Å². The average molecular weight is 547 g/mol. The van der Waals surface area contributed by atoms with Gasteiger partial charge in [-0.1, -0.05) is 0 Å². The van der Waals surface area contributed by atoms with Crippen LogP contribution in [0.25, 0.3) is 0 Å². The molecule has 0 aromatic heterocycles. The van der Waals surface area contributed by atoms with Crippen LogP contribution in [0.3, 0.4) is 0 Å². The van der Waals surface area contributed by atoms with Crippen molar-refractivity contribution in [3.05, 3.63) is 0 Å². The monoisotopic (exact) mass is 547 g/mol. The molecule has 0 aliphatic heterocycles. The summed E-state index contributed by atoms with van der Waals surface area (Å²) in [6.07, 6.45) is -9.46. The summed E-state index contributed by atoms with van der Waals surface area (Å²) < 4.78 is 162. The van der Waals surface area contributed by atoms with Crippen molar-refractivity contribution in [2.24, 2.45) is 0 Å². The van der Waals surface area contributed by atoms with Gasteiger partial charge in [0.25, 0.3) is 0 Å². The normalized spacial score (nSPS) is 15.4. The first-order valence-electron chi connectivity index (χ1n) is 4.91. The molecule has 3 radical (unpaired) electrons. The van der Waals surface area contributed by atoms with Crippen molar-refractivity contribution in [2.45, 2.75) is 46.6 Å². The molecule has 0 rings (SSSR count). The van der Waals surface area contributed by atoms with Gasteiger partial charge in [0, 0.05) is 0 Å². The fourth-order valence-electron chi connectivity index (χ4n) is 1.12. The van der Waals surface area contributed by atoms with Crippen molar-refractivity contribution in [3.8, 4) is 0 Å². The molecule has 0 aromatic rings. The molecule has 0 saturated carbocycles. The van der Waals surface area contributed by atoms with E-state index >= 15 is 0 Å². The van der Waals surface area contributed by atoms with Crippen LogP contribution in [0.2, 0.25) is 4.44 Å². The van der Waals surface area contributed by atoms with Crippen LogP contribution in [0.5, 0.6) is 0 Å². The molecule has 0 bridgehead atoms. The molecule has 0 aromatic carbocycles. The van der Waals surface area contributed by atoms with Gasteiger partial charge in [-0.15, -0.1) is 17.0 Å². The predicted molar refractivity (Wildman–Crippen MR) is 56.3 cm³/mol. The summed E-state index contributed by atoms with van der Waals surface area (Å²) in [7, 11) is 0. The number of alkyl halides is 13. The molecule has 0 unspecified atom stereocenters. The molecule has 23 heavy (non-hydrogen) atoms. The first kappa shape index (κ1) is 25.6. The second-order valence-electron chi connectivity index (χ2n) is 4.00. The van der Waals surface area contributed by atoms with Crippen LogP contribution in [0.15, 0.2) is 0 Å². The molecule has 0 fully saturated rings. The van der Waals surface area contributed by atoms with Gasteiger partial charge < -0.3 is 0 Å². The summed E-state index contributed by atoms with van der Waals surface area (Å²) in [5.41, 5.74) is 0. The van der Waals surface area contributed by atoms with E-state index < -0.39 is 46.6 Å². The minimum absolute atomic E-state index is 0. The van der Waals surface area contributed by atoms with E-state index in [-0.39, 0.29) is 39.5 Å². The van der Waals surface area contributed by atoms with Crippen molar-refractivity contribution >= 4 is 39.5 Å². The molecular formula is C8H5BrF13Sn. The van der Waals surface area contributed by atoms with E-state index in [4.69, 9.17) is 0 Å². The van der Waals surface area contributed by atoms with Crippen LogP contribution in [0.4, 0.5) is 57.1 Å². The van der Waals surface area contributed by atoms with E-state index in [1.807, 2.05) is 0 Å². The van der Waals surface area contributed by atoms with Gasteiger partial charge in [0.1, 0.15) is 0 Å². The van der Waals surface area contributed by atoms with Gasteiger partial charge in [0.05, 0.1) is 0 Å². The minimum atomic E-state index is -7.80. The molecule has 0 N–H and O–H groups in total. The Kier molecular flexibility index (Phi) is 7.72. The van der Waals surface area contributed by atoms with Crippen LogP contribution in [0.1, 0.15) is 6.42 Å². The fourth-order valence-corrected chi connectivity index (χ4v) is 2.01. The van der Waals surface area contributed by atoms with E-state index in [0.29, 0.717) is 0 Å². The van der Waals surface area contributed by atoms with Crippen LogP contribution in [0, 0.1) is 0 Å². The van der Waals surface area contributed by atoms with Gasteiger partial charge in [0.15, 0.2) is 0 Å². The van der Waals surface area contributed by atoms with E-state index in [1.165, 1.54) is 0 Å². The molecule has 139 valence electrons. The van der Waals surface area contributed by atoms with E-state index in [2.05, 4.69) is 0 Å². The Balaban J connectivity index is 0. The Bertz CT molecular complexity index is 401. The molecule has 0 aliphatic rings. The molecular weight excluding hydrogens is 542 g/mol. The standard InChI is InChI=1S/C8H4F13.BrH.Sn/c1-2-3(9,10)4(11,12)5(13,14)6(15,16)7(17,18)8(19,20)21;;/h1-2H2;1H;. The van der Waals surface area contributed by atoms with Crippen molar-refractivity contribution in [3.63, 3.8) is 0 Å². The molecule has 0 saturated heterocycles. The fraction of sp³-hybridized carbons (Fsp3) is 1.00. The Morgan fingerprint density at radius 3 is 1.09 bits per heavy atom. The van der Waals surface area contributed by atoms with Crippen LogP contribution in [-0.4, -0.2) is 58.3 Å². The summed E-state index contributed by atoms with van der Waals surface area (Å²) >= 11 is 0.0919. The molecule has 0 atom stereocenters. The Labute approximate surface area is 143 Å². The molecule has 0 aliphatic carbocycles. The third kappa shape index (κ3) is 3.81. The maximum absolute atomic E-state index is 12.9. The maximum atomic E-state index is 12.9. The van der Waals surface area contributed by atoms with E-state index in [0.717, 1.165) is 0 Å². The summed E-state index contributed by atoms with van der Waals surface area (Å²) in [4.78, 5) is 0. The number of hydrogen-bond donors (Lipinski definition) is 0. The molecule has 15 heteroatoms. The summed E-state index contributed by atoms with van der Waals surface area (Å²) in [6.45, 7) is 0. The van der Waals surface area contributed by atoms with Gasteiger partial charge >= 0.3 is 126 Å². The van der Waals surface area contributed by atoms with Crippen LogP contribution in [-0.2, 0) is 0 Å². The Hall–Kier alpha value is 0.369. The molecule has 0 nitrogen and oxygen atoms in total. The zero-order valence-electron chi connectivity index (χ0n) is 10.2. The third-order valence-electron chi connectivity index (χ3n) is 2.44. The summed E-state index contributed by atoms with van der Waals surface area (Å²) in [5.74, 6) is -36.2. The third-order valence-corrected chi connectivity index (χ3v) is 3.15. The first-order chi connectivity index (χ1) is 9.31. The quantitative estimate of drug-likeness (QED) is 0.314. The molecule has 0 amide bonds. The average Bonchev–Trinajstić information content (AvgIpc) is 2.26. The van der Waals surface area contributed by atoms with Crippen molar-refractivity contribution in [1.29, 1.82) is 0 Å². The molecule has 0 spiro atoms. The van der Waals surface area contributed by atoms with Crippen molar-refractivity contribution < 1.29 is 57.1 Å². The zero-order chi connectivity index (χ0) is 18.4. The van der Waals surface area contributed by atoms with Gasteiger partial charge in [0.2, 0.25) is 0 Å². The van der Waals surface area contributed by atoms with E-state index in [9.17, 15) is 57.1 Å². The Morgan fingerprint density at radius 1 is 0.522 bits per heavy atom. The second-order valence-corrected chi connectivity index (χ2v) is 5.43. The SMILES string of the molecule is Br.FC(F)(F)C(F)(F)C(F)(F)C(F)(F)C(F)(F)C(F)(F)C[CH2][Sn]. The summed E-state index contributed by atoms with van der Waals surface area (Å²) in [6, 6.07) is 0. The van der Waals surface area contributed by atoms with Crippen LogP contribution < -0.4 is 0 Å². The van der Waals surface area contributed by atoms with Gasteiger partial charge in [-0.05, 0) is 0 Å². The number of halogens is 14. The number of hydrogen-bond acceptors (Lipinski definition) is 0. The van der Waals surface area contributed by atoms with Gasteiger partial charge in [-0.2, -0.15) is 0 Å². The van der Waals surface area contributed by atoms with Crippen molar-refractivity contribution in [1.82, 2.24) is 0 Å². The first-order valence-corrected chi connectivity index (χ1v) is 6.93. The van der Waals surface area contributed by atoms with Crippen molar-refractivity contribution in [2.75, 3.05) is 0 Å². The van der Waals surface area contributed by atoms with Gasteiger partial charge in [-0.3, -0.25) is 0 Å². The topological polar surface area (TPSA) is 0 Å². The predicted octanol–water partition coefficient (Wildman–Crippen LogP) is 5.28. The Morgan fingerprint density at radius 2 is 0.826 bits per heavy atom. The summed E-state index contributed by atoms with van der Waals surface area (Å²) in [5, 5.41) is 0.